The number of benzene rings is 1. The molecule has 1 aliphatic rings. The van der Waals surface area contributed by atoms with Gasteiger partial charge in [0.05, 0.1) is 11.3 Å². The normalized spacial score (nSPS) is 16.0. The Morgan fingerprint density at radius 3 is 2.68 bits per heavy atom. The van der Waals surface area contributed by atoms with Crippen molar-refractivity contribution in [3.63, 3.8) is 0 Å². The summed E-state index contributed by atoms with van der Waals surface area (Å²) in [6.07, 6.45) is 3.33. The predicted molar refractivity (Wildman–Crippen MR) is 71.4 cm³/mol. The molecule has 0 aliphatic heterocycles. The van der Waals surface area contributed by atoms with Crippen LogP contribution in [0.4, 0.5) is 0 Å². The maximum absolute atomic E-state index is 11.9. The van der Waals surface area contributed by atoms with E-state index in [0.717, 1.165) is 12.8 Å². The number of rotatable bonds is 6. The minimum absolute atomic E-state index is 0.103. The first kappa shape index (κ1) is 14.0. The Kier molecular flexibility index (Phi) is 4.21. The highest BCUT2D eigenvalue weighted by Crippen LogP contribution is 2.25. The van der Waals surface area contributed by atoms with Crippen molar-refractivity contribution in [2.24, 2.45) is 5.92 Å². The Morgan fingerprint density at radius 2 is 2.11 bits per heavy atom. The standard InChI is InChI=1S/C13H17NO4S/c15-13(16)12-6-2-5-11(7-12)9-19(17,18)14-8-10-3-1-4-10/h2,5-7,10,14H,1,3-4,8-9H2,(H,15,16). The van der Waals surface area contributed by atoms with Gasteiger partial charge in [-0.2, -0.15) is 0 Å². The van der Waals surface area contributed by atoms with Crippen LogP contribution in [0, 0.1) is 5.92 Å². The summed E-state index contributed by atoms with van der Waals surface area (Å²) in [5.74, 6) is -0.775. The topological polar surface area (TPSA) is 83.5 Å². The highest BCUT2D eigenvalue weighted by molar-refractivity contribution is 7.88. The van der Waals surface area contributed by atoms with Crippen molar-refractivity contribution in [2.45, 2.75) is 25.0 Å². The second-order valence-electron chi connectivity index (χ2n) is 4.91. The molecule has 0 spiro atoms. The number of hydrogen-bond acceptors (Lipinski definition) is 3. The van der Waals surface area contributed by atoms with E-state index in [1.165, 1.54) is 18.6 Å². The average molecular weight is 283 g/mol. The summed E-state index contributed by atoms with van der Waals surface area (Å²) in [4.78, 5) is 10.8. The molecule has 1 aromatic carbocycles. The number of carbonyl (C=O) groups is 1. The van der Waals surface area contributed by atoms with Gasteiger partial charge in [-0.05, 0) is 36.5 Å². The minimum Gasteiger partial charge on any atom is -0.478 e. The fraction of sp³-hybridized carbons (Fsp3) is 0.462. The van der Waals surface area contributed by atoms with Gasteiger partial charge in [-0.1, -0.05) is 18.6 Å². The van der Waals surface area contributed by atoms with E-state index in [0.29, 0.717) is 18.0 Å². The van der Waals surface area contributed by atoms with Crippen molar-refractivity contribution in [1.29, 1.82) is 0 Å². The Bertz CT molecular complexity index is 564. The van der Waals surface area contributed by atoms with Crippen molar-refractivity contribution < 1.29 is 18.3 Å². The second-order valence-corrected chi connectivity index (χ2v) is 6.72. The fourth-order valence-corrected chi connectivity index (χ4v) is 3.22. The van der Waals surface area contributed by atoms with E-state index in [-0.39, 0.29) is 11.3 Å². The summed E-state index contributed by atoms with van der Waals surface area (Å²) < 4.78 is 26.3. The SMILES string of the molecule is O=C(O)c1cccc(CS(=O)(=O)NCC2CCC2)c1. The number of hydrogen-bond donors (Lipinski definition) is 2. The van der Waals surface area contributed by atoms with E-state index in [1.54, 1.807) is 12.1 Å². The molecule has 19 heavy (non-hydrogen) atoms. The van der Waals surface area contributed by atoms with Crippen LogP contribution in [0.15, 0.2) is 24.3 Å². The Labute approximate surface area is 112 Å². The Balaban J connectivity index is 1.98. The zero-order chi connectivity index (χ0) is 13.9. The van der Waals surface area contributed by atoms with Crippen LogP contribution in [-0.4, -0.2) is 26.0 Å². The fourth-order valence-electron chi connectivity index (χ4n) is 2.01. The minimum atomic E-state index is -3.39. The van der Waals surface area contributed by atoms with Gasteiger partial charge in [0, 0.05) is 6.54 Å². The number of sulfonamides is 1. The van der Waals surface area contributed by atoms with Gasteiger partial charge in [-0.25, -0.2) is 17.9 Å². The lowest BCUT2D eigenvalue weighted by atomic mass is 9.86. The molecule has 0 amide bonds. The molecule has 0 aromatic heterocycles. The lowest BCUT2D eigenvalue weighted by Gasteiger charge is -2.25. The van der Waals surface area contributed by atoms with E-state index in [4.69, 9.17) is 5.11 Å². The first-order valence-corrected chi connectivity index (χ1v) is 7.91. The summed E-state index contributed by atoms with van der Waals surface area (Å²) in [7, 11) is -3.39. The first-order valence-electron chi connectivity index (χ1n) is 6.26. The molecule has 0 saturated heterocycles. The van der Waals surface area contributed by atoms with Gasteiger partial charge in [0.25, 0.3) is 0 Å². The lowest BCUT2D eigenvalue weighted by Crippen LogP contribution is -2.33. The van der Waals surface area contributed by atoms with Crippen LogP contribution in [0.5, 0.6) is 0 Å². The van der Waals surface area contributed by atoms with E-state index in [9.17, 15) is 13.2 Å². The second kappa shape index (κ2) is 5.71. The van der Waals surface area contributed by atoms with Gasteiger partial charge in [0.15, 0.2) is 0 Å². The molecular formula is C13H17NO4S. The van der Waals surface area contributed by atoms with Gasteiger partial charge in [-0.15, -0.1) is 0 Å². The van der Waals surface area contributed by atoms with Gasteiger partial charge >= 0.3 is 5.97 Å². The molecule has 2 N–H and O–H groups in total. The van der Waals surface area contributed by atoms with E-state index in [2.05, 4.69) is 4.72 Å². The van der Waals surface area contributed by atoms with Crippen LogP contribution in [0.3, 0.4) is 0 Å². The summed E-state index contributed by atoms with van der Waals surface area (Å²) in [6, 6.07) is 6.01. The third kappa shape index (κ3) is 4.04. The average Bonchev–Trinajstić information content (AvgIpc) is 2.26. The van der Waals surface area contributed by atoms with Crippen molar-refractivity contribution in [2.75, 3.05) is 6.54 Å². The van der Waals surface area contributed by atoms with Gasteiger partial charge in [0.2, 0.25) is 10.0 Å². The molecule has 1 aliphatic carbocycles. The third-order valence-electron chi connectivity index (χ3n) is 3.35. The molecular weight excluding hydrogens is 266 g/mol. The van der Waals surface area contributed by atoms with Crippen molar-refractivity contribution in [3.05, 3.63) is 35.4 Å². The molecule has 6 heteroatoms. The molecule has 104 valence electrons. The summed E-state index contributed by atoms with van der Waals surface area (Å²) in [6.45, 7) is 0.487. The summed E-state index contributed by atoms with van der Waals surface area (Å²) in [5.41, 5.74) is 0.590. The Hall–Kier alpha value is -1.40. The van der Waals surface area contributed by atoms with Crippen LogP contribution < -0.4 is 4.72 Å². The summed E-state index contributed by atoms with van der Waals surface area (Å²) >= 11 is 0. The highest BCUT2D eigenvalue weighted by atomic mass is 32.2. The molecule has 0 heterocycles. The number of aromatic carboxylic acids is 1. The maximum atomic E-state index is 11.9. The molecule has 5 nitrogen and oxygen atoms in total. The zero-order valence-corrected chi connectivity index (χ0v) is 11.3. The van der Waals surface area contributed by atoms with Crippen molar-refractivity contribution >= 4 is 16.0 Å². The van der Waals surface area contributed by atoms with Gasteiger partial charge in [-0.3, -0.25) is 0 Å². The van der Waals surface area contributed by atoms with Crippen molar-refractivity contribution in [1.82, 2.24) is 4.72 Å². The Morgan fingerprint density at radius 1 is 1.37 bits per heavy atom. The zero-order valence-electron chi connectivity index (χ0n) is 10.5. The van der Waals surface area contributed by atoms with Crippen molar-refractivity contribution in [3.8, 4) is 0 Å². The summed E-state index contributed by atoms with van der Waals surface area (Å²) in [5, 5.41) is 8.86. The quantitative estimate of drug-likeness (QED) is 0.830. The van der Waals surface area contributed by atoms with Crippen LogP contribution >= 0.6 is 0 Å². The maximum Gasteiger partial charge on any atom is 0.335 e. The number of carboxylic acid groups (broad SMARTS) is 1. The van der Waals surface area contributed by atoms with Crippen LogP contribution in [0.2, 0.25) is 0 Å². The molecule has 1 fully saturated rings. The van der Waals surface area contributed by atoms with Crippen LogP contribution in [-0.2, 0) is 15.8 Å². The predicted octanol–water partition coefficient (Wildman–Crippen LogP) is 1.60. The molecule has 0 bridgehead atoms. The molecule has 0 atom stereocenters. The largest absolute Gasteiger partial charge is 0.478 e. The lowest BCUT2D eigenvalue weighted by molar-refractivity contribution is 0.0696. The molecule has 2 rings (SSSR count). The molecule has 1 aromatic rings. The van der Waals surface area contributed by atoms with Gasteiger partial charge in [0.1, 0.15) is 0 Å². The molecule has 0 radical (unpaired) electrons. The van der Waals surface area contributed by atoms with Crippen LogP contribution in [0.1, 0.15) is 35.2 Å². The van der Waals surface area contributed by atoms with E-state index >= 15 is 0 Å². The smallest absolute Gasteiger partial charge is 0.335 e. The van der Waals surface area contributed by atoms with Crippen LogP contribution in [0.25, 0.3) is 0 Å². The molecule has 0 unspecified atom stereocenters. The van der Waals surface area contributed by atoms with Gasteiger partial charge < -0.3 is 5.11 Å². The number of nitrogens with one attached hydrogen (secondary N) is 1. The first-order chi connectivity index (χ1) is 8.96. The highest BCUT2D eigenvalue weighted by Gasteiger charge is 2.20. The molecule has 1 saturated carbocycles. The van der Waals surface area contributed by atoms with E-state index in [1.807, 2.05) is 0 Å². The third-order valence-corrected chi connectivity index (χ3v) is 4.67. The number of carboxylic acids is 1. The van der Waals surface area contributed by atoms with E-state index < -0.39 is 16.0 Å². The monoisotopic (exact) mass is 283 g/mol.